The van der Waals surface area contributed by atoms with Crippen LogP contribution >= 0.6 is 0 Å². The van der Waals surface area contributed by atoms with Crippen LogP contribution < -0.4 is 10.6 Å². The molecule has 0 atom stereocenters. The summed E-state index contributed by atoms with van der Waals surface area (Å²) < 4.78 is 10.2. The fraction of sp³-hybridized carbons (Fsp3) is 0.857. The van der Waals surface area contributed by atoms with Crippen molar-refractivity contribution in [1.29, 1.82) is 0 Å². The second-order valence-corrected chi connectivity index (χ2v) is 5.40. The van der Waals surface area contributed by atoms with Gasteiger partial charge in [0.25, 0.3) is 0 Å². The third-order valence-corrected chi connectivity index (χ3v) is 3.61. The van der Waals surface area contributed by atoms with Crippen molar-refractivity contribution in [2.24, 2.45) is 0 Å². The number of ether oxygens (including phenoxy) is 2. The van der Waals surface area contributed by atoms with Crippen molar-refractivity contribution in [3.63, 3.8) is 0 Å². The lowest BCUT2D eigenvalue weighted by Crippen LogP contribution is -2.57. The van der Waals surface area contributed by atoms with Crippen molar-refractivity contribution in [2.75, 3.05) is 33.5 Å². The minimum Gasteiger partial charge on any atom is -0.481 e. The van der Waals surface area contributed by atoms with Crippen LogP contribution in [0.5, 0.6) is 0 Å². The number of unbranched alkanes of at least 4 members (excludes halogenated alkanes) is 1. The molecule has 2 amide bonds. The van der Waals surface area contributed by atoms with Gasteiger partial charge in [0.1, 0.15) is 0 Å². The SMILES string of the molecule is COCCOCCCCNC(=O)NC1(CC(=O)O)CCC1. The van der Waals surface area contributed by atoms with Crippen LogP contribution in [-0.4, -0.2) is 56.1 Å². The van der Waals surface area contributed by atoms with Crippen molar-refractivity contribution in [1.82, 2.24) is 10.6 Å². The first-order valence-electron chi connectivity index (χ1n) is 7.42. The van der Waals surface area contributed by atoms with Gasteiger partial charge in [-0.15, -0.1) is 0 Å². The molecular weight excluding hydrogens is 276 g/mol. The number of amides is 2. The van der Waals surface area contributed by atoms with Gasteiger partial charge in [0.05, 0.1) is 25.2 Å². The summed E-state index contributed by atoms with van der Waals surface area (Å²) in [6, 6.07) is -0.281. The molecule has 1 fully saturated rings. The van der Waals surface area contributed by atoms with Gasteiger partial charge in [0.2, 0.25) is 0 Å². The van der Waals surface area contributed by atoms with E-state index in [0.29, 0.717) is 26.4 Å². The second-order valence-electron chi connectivity index (χ2n) is 5.40. The highest BCUT2D eigenvalue weighted by Gasteiger charge is 2.40. The van der Waals surface area contributed by atoms with Crippen molar-refractivity contribution < 1.29 is 24.2 Å². The molecule has 0 bridgehead atoms. The van der Waals surface area contributed by atoms with E-state index in [4.69, 9.17) is 14.6 Å². The van der Waals surface area contributed by atoms with Gasteiger partial charge in [0.15, 0.2) is 0 Å². The second kappa shape index (κ2) is 9.57. The highest BCUT2D eigenvalue weighted by molar-refractivity contribution is 5.77. The first-order chi connectivity index (χ1) is 10.1. The van der Waals surface area contributed by atoms with E-state index >= 15 is 0 Å². The van der Waals surface area contributed by atoms with Crippen molar-refractivity contribution in [3.8, 4) is 0 Å². The monoisotopic (exact) mass is 302 g/mol. The van der Waals surface area contributed by atoms with Crippen LogP contribution in [0.1, 0.15) is 38.5 Å². The number of carbonyl (C=O) groups is 2. The average Bonchev–Trinajstić information content (AvgIpc) is 2.38. The standard InChI is InChI=1S/C14H26N2O5/c1-20-9-10-21-8-3-2-7-15-13(19)16-14(5-4-6-14)11-12(17)18/h2-11H2,1H3,(H,17,18)(H2,15,16,19). The molecule has 1 saturated carbocycles. The molecule has 1 aliphatic rings. The third kappa shape index (κ3) is 7.29. The molecule has 0 radical (unpaired) electrons. The van der Waals surface area contributed by atoms with Crippen molar-refractivity contribution in [2.45, 2.75) is 44.1 Å². The quantitative estimate of drug-likeness (QED) is 0.497. The molecular formula is C14H26N2O5. The summed E-state index contributed by atoms with van der Waals surface area (Å²) in [7, 11) is 1.63. The number of hydrogen-bond donors (Lipinski definition) is 3. The van der Waals surface area contributed by atoms with Crippen LogP contribution in [0.3, 0.4) is 0 Å². The Bertz CT molecular complexity index is 331. The first-order valence-corrected chi connectivity index (χ1v) is 7.42. The van der Waals surface area contributed by atoms with Crippen molar-refractivity contribution in [3.05, 3.63) is 0 Å². The Morgan fingerprint density at radius 3 is 2.52 bits per heavy atom. The first kappa shape index (κ1) is 17.7. The molecule has 1 rings (SSSR count). The lowest BCUT2D eigenvalue weighted by Gasteiger charge is -2.41. The zero-order valence-electron chi connectivity index (χ0n) is 12.7. The normalized spacial score (nSPS) is 16.0. The van der Waals surface area contributed by atoms with Gasteiger partial charge in [-0.3, -0.25) is 4.79 Å². The number of hydrogen-bond acceptors (Lipinski definition) is 4. The molecule has 7 heteroatoms. The number of carboxylic acids is 1. The highest BCUT2D eigenvalue weighted by Crippen LogP contribution is 2.34. The number of methoxy groups -OCH3 is 1. The Kier molecular flexibility index (Phi) is 8.07. The largest absolute Gasteiger partial charge is 0.481 e. The number of rotatable bonds is 11. The summed E-state index contributed by atoms with van der Waals surface area (Å²) in [5.74, 6) is -0.872. The molecule has 1 aliphatic carbocycles. The fourth-order valence-corrected chi connectivity index (χ4v) is 2.30. The minimum atomic E-state index is -0.872. The maximum Gasteiger partial charge on any atom is 0.315 e. The Morgan fingerprint density at radius 2 is 1.95 bits per heavy atom. The van der Waals surface area contributed by atoms with Gasteiger partial charge in [-0.1, -0.05) is 0 Å². The van der Waals surface area contributed by atoms with E-state index in [1.54, 1.807) is 7.11 Å². The fourth-order valence-electron chi connectivity index (χ4n) is 2.30. The number of carbonyl (C=O) groups excluding carboxylic acids is 1. The average molecular weight is 302 g/mol. The smallest absolute Gasteiger partial charge is 0.315 e. The van der Waals surface area contributed by atoms with Crippen LogP contribution in [0, 0.1) is 0 Å². The van der Waals surface area contributed by atoms with E-state index in [1.165, 1.54) is 0 Å². The third-order valence-electron chi connectivity index (χ3n) is 3.61. The number of aliphatic carboxylic acids is 1. The summed E-state index contributed by atoms with van der Waals surface area (Å²) in [4.78, 5) is 22.5. The maximum absolute atomic E-state index is 11.7. The Labute approximate surface area is 125 Å². The number of carboxylic acid groups (broad SMARTS) is 1. The minimum absolute atomic E-state index is 0.00619. The molecule has 21 heavy (non-hydrogen) atoms. The number of nitrogens with one attached hydrogen (secondary N) is 2. The molecule has 122 valence electrons. The van der Waals surface area contributed by atoms with Gasteiger partial charge >= 0.3 is 12.0 Å². The molecule has 7 nitrogen and oxygen atoms in total. The zero-order valence-corrected chi connectivity index (χ0v) is 12.7. The lowest BCUT2D eigenvalue weighted by atomic mass is 9.74. The van der Waals surface area contributed by atoms with E-state index in [-0.39, 0.29) is 12.5 Å². The molecule has 3 N–H and O–H groups in total. The van der Waals surface area contributed by atoms with E-state index in [9.17, 15) is 9.59 Å². The van der Waals surface area contributed by atoms with E-state index in [2.05, 4.69) is 10.6 Å². The molecule has 0 aromatic heterocycles. The van der Waals surface area contributed by atoms with Gasteiger partial charge in [-0.05, 0) is 32.1 Å². The van der Waals surface area contributed by atoms with Gasteiger partial charge < -0.3 is 25.2 Å². The maximum atomic E-state index is 11.7. The molecule has 0 heterocycles. The van der Waals surface area contributed by atoms with E-state index in [0.717, 1.165) is 32.1 Å². The Hall–Kier alpha value is -1.34. The molecule has 0 aromatic rings. The predicted molar refractivity (Wildman–Crippen MR) is 77.3 cm³/mol. The Balaban J connectivity index is 2.04. The van der Waals surface area contributed by atoms with Gasteiger partial charge in [-0.25, -0.2) is 4.79 Å². The summed E-state index contributed by atoms with van der Waals surface area (Å²) in [5, 5.41) is 14.4. The van der Waals surface area contributed by atoms with Gasteiger partial charge in [-0.2, -0.15) is 0 Å². The van der Waals surface area contributed by atoms with Crippen molar-refractivity contribution >= 4 is 12.0 Å². The highest BCUT2D eigenvalue weighted by atomic mass is 16.5. The summed E-state index contributed by atoms with van der Waals surface area (Å²) in [5.41, 5.74) is -0.542. The van der Waals surface area contributed by atoms with Crippen LogP contribution in [0.4, 0.5) is 4.79 Å². The summed E-state index contributed by atoms with van der Waals surface area (Å²) in [6.07, 6.45) is 4.12. The molecule has 0 saturated heterocycles. The van der Waals surface area contributed by atoms with Crippen LogP contribution in [0.15, 0.2) is 0 Å². The molecule has 0 unspecified atom stereocenters. The summed E-state index contributed by atoms with van der Waals surface area (Å²) in [6.45, 7) is 2.38. The lowest BCUT2D eigenvalue weighted by molar-refractivity contribution is -0.139. The van der Waals surface area contributed by atoms with Crippen LogP contribution in [-0.2, 0) is 14.3 Å². The summed E-state index contributed by atoms with van der Waals surface area (Å²) >= 11 is 0. The predicted octanol–water partition coefficient (Wildman–Crippen LogP) is 1.13. The van der Waals surface area contributed by atoms with Gasteiger partial charge in [0, 0.05) is 20.3 Å². The number of urea groups is 1. The van der Waals surface area contributed by atoms with E-state index < -0.39 is 11.5 Å². The van der Waals surface area contributed by atoms with Crippen LogP contribution in [0.2, 0.25) is 0 Å². The Morgan fingerprint density at radius 1 is 1.19 bits per heavy atom. The van der Waals surface area contributed by atoms with Crippen LogP contribution in [0.25, 0.3) is 0 Å². The van der Waals surface area contributed by atoms with E-state index in [1.807, 2.05) is 0 Å². The molecule has 0 spiro atoms. The molecule has 0 aromatic carbocycles. The zero-order chi connectivity index (χ0) is 15.6. The molecule has 0 aliphatic heterocycles. The topological polar surface area (TPSA) is 96.9 Å².